The first kappa shape index (κ1) is 27.9. The summed E-state index contributed by atoms with van der Waals surface area (Å²) in [6, 6.07) is 44.9. The van der Waals surface area contributed by atoms with Crippen LogP contribution in [-0.2, 0) is 5.54 Å². The van der Waals surface area contributed by atoms with Crippen molar-refractivity contribution in [3.05, 3.63) is 186 Å². The second kappa shape index (κ2) is 12.0. The number of ketones is 1. The number of nitrogens with zero attached hydrogens (tertiary/aromatic N) is 2. The van der Waals surface area contributed by atoms with Crippen LogP contribution < -0.4 is 4.74 Å². The molecule has 2 aromatic heterocycles. The molecule has 0 aliphatic carbocycles. The molecule has 0 spiro atoms. The smallest absolute Gasteiger partial charge is 0.186 e. The fraction of sp³-hybridized carbons (Fsp3) is 0.0500. The van der Waals surface area contributed by atoms with E-state index in [1.165, 1.54) is 0 Å². The summed E-state index contributed by atoms with van der Waals surface area (Å²) in [5.74, 6) is 0.395. The van der Waals surface area contributed by atoms with Crippen molar-refractivity contribution in [2.75, 3.05) is 7.11 Å². The van der Waals surface area contributed by atoms with Gasteiger partial charge in [-0.15, -0.1) is 0 Å². The standard InChI is InChI=1S/C40H30N2O3/c1-44-38-26-31(25-30-23-24-45-39(30)38)37(43)22-21-29-13-11-12-20-35(29)36-27-42(28-41-36)40(32-14-5-2-6-15-32,33-16-7-3-8-17-33)34-18-9-4-10-19-34/h2-28H,1H3. The van der Waals surface area contributed by atoms with Gasteiger partial charge in [0, 0.05) is 22.7 Å². The molecule has 7 aromatic rings. The van der Waals surface area contributed by atoms with Crippen molar-refractivity contribution in [3.63, 3.8) is 0 Å². The molecule has 0 saturated carbocycles. The number of hydrogen-bond acceptors (Lipinski definition) is 4. The zero-order chi connectivity index (χ0) is 30.6. The molecule has 45 heavy (non-hydrogen) atoms. The number of allylic oxidation sites excluding steroid dienone is 1. The Morgan fingerprint density at radius 3 is 2.00 bits per heavy atom. The van der Waals surface area contributed by atoms with Crippen LogP contribution in [0.3, 0.4) is 0 Å². The van der Waals surface area contributed by atoms with Crippen LogP contribution in [-0.4, -0.2) is 22.4 Å². The highest BCUT2D eigenvalue weighted by molar-refractivity contribution is 6.09. The number of furan rings is 1. The lowest BCUT2D eigenvalue weighted by Gasteiger charge is -2.37. The topological polar surface area (TPSA) is 57.3 Å². The van der Waals surface area contributed by atoms with Gasteiger partial charge in [-0.1, -0.05) is 121 Å². The fourth-order valence-corrected chi connectivity index (χ4v) is 6.11. The van der Waals surface area contributed by atoms with Crippen molar-refractivity contribution in [1.82, 2.24) is 9.55 Å². The van der Waals surface area contributed by atoms with E-state index in [1.54, 1.807) is 25.5 Å². The monoisotopic (exact) mass is 586 g/mol. The number of rotatable bonds is 9. The molecule has 0 saturated heterocycles. The summed E-state index contributed by atoms with van der Waals surface area (Å²) >= 11 is 0. The molecule has 0 radical (unpaired) electrons. The number of ether oxygens (including phenoxy) is 1. The summed E-state index contributed by atoms with van der Waals surface area (Å²) in [6.07, 6.45) is 9.04. The molecule has 0 N–H and O–H groups in total. The third-order valence-electron chi connectivity index (χ3n) is 8.22. The van der Waals surface area contributed by atoms with Crippen LogP contribution in [0.4, 0.5) is 0 Å². The Morgan fingerprint density at radius 2 is 1.38 bits per heavy atom. The van der Waals surface area contributed by atoms with E-state index in [9.17, 15) is 4.79 Å². The summed E-state index contributed by atoms with van der Waals surface area (Å²) in [5.41, 5.74) is 6.45. The van der Waals surface area contributed by atoms with Gasteiger partial charge in [0.15, 0.2) is 17.1 Å². The van der Waals surface area contributed by atoms with Crippen molar-refractivity contribution < 1.29 is 13.9 Å². The maximum Gasteiger partial charge on any atom is 0.186 e. The highest BCUT2D eigenvalue weighted by atomic mass is 16.5. The number of methoxy groups -OCH3 is 1. The van der Waals surface area contributed by atoms with E-state index in [0.29, 0.717) is 16.9 Å². The largest absolute Gasteiger partial charge is 0.493 e. The number of carbonyl (C=O) groups is 1. The van der Waals surface area contributed by atoms with Gasteiger partial charge in [0.1, 0.15) is 5.54 Å². The molecule has 0 unspecified atom stereocenters. The van der Waals surface area contributed by atoms with E-state index in [4.69, 9.17) is 14.1 Å². The number of fused-ring (bicyclic) bond motifs is 1. The molecule has 2 heterocycles. The third kappa shape index (κ3) is 5.04. The van der Waals surface area contributed by atoms with E-state index in [1.807, 2.05) is 67.0 Å². The van der Waals surface area contributed by atoms with Crippen molar-refractivity contribution >= 4 is 22.8 Å². The molecule has 5 aromatic carbocycles. The Morgan fingerprint density at radius 1 is 0.778 bits per heavy atom. The predicted molar refractivity (Wildman–Crippen MR) is 178 cm³/mol. The normalized spacial score (nSPS) is 11.7. The van der Waals surface area contributed by atoms with Gasteiger partial charge in [0.05, 0.1) is 25.4 Å². The van der Waals surface area contributed by atoms with E-state index < -0.39 is 5.54 Å². The maximum absolute atomic E-state index is 13.3. The van der Waals surface area contributed by atoms with Gasteiger partial charge in [-0.2, -0.15) is 0 Å². The summed E-state index contributed by atoms with van der Waals surface area (Å²) in [6.45, 7) is 0. The first-order valence-corrected chi connectivity index (χ1v) is 14.8. The van der Waals surface area contributed by atoms with Crippen molar-refractivity contribution in [2.45, 2.75) is 5.54 Å². The number of benzene rings is 5. The molecular formula is C40H30N2O3. The van der Waals surface area contributed by atoms with E-state index in [-0.39, 0.29) is 5.78 Å². The van der Waals surface area contributed by atoms with Gasteiger partial charge in [-0.3, -0.25) is 4.79 Å². The molecule has 5 nitrogen and oxygen atoms in total. The summed E-state index contributed by atoms with van der Waals surface area (Å²) < 4.78 is 13.2. The minimum atomic E-state index is -0.666. The molecule has 218 valence electrons. The predicted octanol–water partition coefficient (Wildman–Crippen LogP) is 9.04. The second-order valence-corrected chi connectivity index (χ2v) is 10.8. The van der Waals surface area contributed by atoms with Crippen molar-refractivity contribution in [1.29, 1.82) is 0 Å². The minimum absolute atomic E-state index is 0.131. The fourth-order valence-electron chi connectivity index (χ4n) is 6.11. The van der Waals surface area contributed by atoms with Crippen LogP contribution in [0.1, 0.15) is 32.6 Å². The Bertz CT molecular complexity index is 2010. The van der Waals surface area contributed by atoms with Crippen LogP contribution >= 0.6 is 0 Å². The number of carbonyl (C=O) groups excluding carboxylic acids is 1. The van der Waals surface area contributed by atoms with Crippen LogP contribution in [0.25, 0.3) is 28.3 Å². The van der Waals surface area contributed by atoms with Crippen LogP contribution in [0.15, 0.2) is 163 Å². The zero-order valence-electron chi connectivity index (χ0n) is 24.7. The second-order valence-electron chi connectivity index (χ2n) is 10.8. The number of aromatic nitrogens is 2. The molecule has 0 amide bonds. The molecule has 5 heteroatoms. The van der Waals surface area contributed by atoms with Gasteiger partial charge >= 0.3 is 0 Å². The quantitative estimate of drug-likeness (QED) is 0.0962. The van der Waals surface area contributed by atoms with Gasteiger partial charge in [-0.25, -0.2) is 4.98 Å². The Labute approximate surface area is 261 Å². The summed E-state index contributed by atoms with van der Waals surface area (Å²) in [5, 5.41) is 0.816. The third-order valence-corrected chi connectivity index (χ3v) is 8.22. The number of imidazole rings is 1. The van der Waals surface area contributed by atoms with E-state index in [2.05, 4.69) is 83.6 Å². The van der Waals surface area contributed by atoms with Crippen LogP contribution in [0.5, 0.6) is 5.75 Å². The van der Waals surface area contributed by atoms with Crippen molar-refractivity contribution in [3.8, 4) is 17.0 Å². The van der Waals surface area contributed by atoms with E-state index >= 15 is 0 Å². The lowest BCUT2D eigenvalue weighted by Crippen LogP contribution is -2.36. The molecule has 0 bridgehead atoms. The lowest BCUT2D eigenvalue weighted by molar-refractivity contribution is 0.104. The lowest BCUT2D eigenvalue weighted by atomic mass is 9.77. The molecule has 7 rings (SSSR count). The zero-order valence-corrected chi connectivity index (χ0v) is 24.7. The Kier molecular flexibility index (Phi) is 7.42. The molecule has 0 aliphatic heterocycles. The maximum atomic E-state index is 13.3. The highest BCUT2D eigenvalue weighted by Crippen LogP contribution is 2.41. The van der Waals surface area contributed by atoms with E-state index in [0.717, 1.165) is 38.9 Å². The Hall–Kier alpha value is -5.94. The average molecular weight is 587 g/mol. The minimum Gasteiger partial charge on any atom is -0.493 e. The van der Waals surface area contributed by atoms with Crippen molar-refractivity contribution in [2.24, 2.45) is 0 Å². The highest BCUT2D eigenvalue weighted by Gasteiger charge is 2.38. The molecule has 0 fully saturated rings. The van der Waals surface area contributed by atoms with Crippen LogP contribution in [0, 0.1) is 0 Å². The van der Waals surface area contributed by atoms with Crippen LogP contribution in [0.2, 0.25) is 0 Å². The summed E-state index contributed by atoms with van der Waals surface area (Å²) in [4.78, 5) is 18.3. The average Bonchev–Trinajstić information content (AvgIpc) is 3.80. The first-order chi connectivity index (χ1) is 22.2. The molecular weight excluding hydrogens is 556 g/mol. The van der Waals surface area contributed by atoms with Gasteiger partial charge in [0.25, 0.3) is 0 Å². The van der Waals surface area contributed by atoms with Gasteiger partial charge < -0.3 is 13.7 Å². The first-order valence-electron chi connectivity index (χ1n) is 14.8. The van der Waals surface area contributed by atoms with Gasteiger partial charge in [-0.05, 0) is 46.5 Å². The molecule has 0 atom stereocenters. The molecule has 0 aliphatic rings. The van der Waals surface area contributed by atoms with Gasteiger partial charge in [0.2, 0.25) is 0 Å². The SMILES string of the molecule is COc1cc(C(=O)C=Cc2ccccc2-c2cn(C(c3ccccc3)(c3ccccc3)c3ccccc3)cn2)cc2ccoc12. The summed E-state index contributed by atoms with van der Waals surface area (Å²) in [7, 11) is 1.57. The number of hydrogen-bond donors (Lipinski definition) is 0. The Balaban J connectivity index is 1.31.